The molecule has 1 aliphatic rings. The van der Waals surface area contributed by atoms with Crippen LogP contribution in [0.1, 0.15) is 51.2 Å². The first-order chi connectivity index (χ1) is 8.15. The van der Waals surface area contributed by atoms with E-state index in [0.29, 0.717) is 6.10 Å². The second-order valence-electron chi connectivity index (χ2n) is 5.33. The molecule has 0 radical (unpaired) electrons. The summed E-state index contributed by atoms with van der Waals surface area (Å²) in [6, 6.07) is 8.01. The average Bonchev–Trinajstić information content (AvgIpc) is 2.33. The molecule has 1 saturated carbocycles. The normalized spacial score (nSPS) is 26.7. The molecule has 2 heteroatoms. The van der Waals surface area contributed by atoms with E-state index in [9.17, 15) is 0 Å². The molecule has 1 aromatic rings. The van der Waals surface area contributed by atoms with Gasteiger partial charge >= 0.3 is 0 Å². The fourth-order valence-corrected chi connectivity index (χ4v) is 2.50. The van der Waals surface area contributed by atoms with Crippen LogP contribution in [0.25, 0.3) is 0 Å². The van der Waals surface area contributed by atoms with Crippen molar-refractivity contribution in [2.75, 3.05) is 5.73 Å². The van der Waals surface area contributed by atoms with E-state index >= 15 is 0 Å². The highest BCUT2D eigenvalue weighted by atomic mass is 16.5. The predicted molar refractivity (Wildman–Crippen MR) is 71.8 cm³/mol. The number of nitrogens with two attached hydrogens (primary N) is 1. The lowest BCUT2D eigenvalue weighted by atomic mass is 9.89. The van der Waals surface area contributed by atoms with Gasteiger partial charge in [-0.25, -0.2) is 0 Å². The molecule has 2 N–H and O–H groups in total. The summed E-state index contributed by atoms with van der Waals surface area (Å²) in [5.74, 6) is 0.877. The Morgan fingerprint density at radius 3 is 2.29 bits per heavy atom. The second-order valence-corrected chi connectivity index (χ2v) is 5.33. The van der Waals surface area contributed by atoms with Crippen molar-refractivity contribution in [1.82, 2.24) is 0 Å². The van der Waals surface area contributed by atoms with Gasteiger partial charge in [0, 0.05) is 5.69 Å². The fourth-order valence-electron chi connectivity index (χ4n) is 2.50. The third-order valence-corrected chi connectivity index (χ3v) is 3.77. The van der Waals surface area contributed by atoms with E-state index < -0.39 is 0 Å². The maximum absolute atomic E-state index is 6.12. The van der Waals surface area contributed by atoms with Crippen LogP contribution in [0, 0.1) is 5.92 Å². The average molecular weight is 233 g/mol. The molecule has 0 aliphatic heterocycles. The highest BCUT2D eigenvalue weighted by Gasteiger charge is 2.20. The molecule has 2 rings (SSSR count). The van der Waals surface area contributed by atoms with E-state index in [1.807, 2.05) is 12.1 Å². The predicted octanol–water partition coefficient (Wildman–Crippen LogP) is 3.93. The van der Waals surface area contributed by atoms with Crippen molar-refractivity contribution < 1.29 is 4.74 Å². The van der Waals surface area contributed by atoms with E-state index in [0.717, 1.165) is 11.6 Å². The number of nitrogen functional groups attached to an aromatic ring is 1. The number of benzene rings is 1. The minimum Gasteiger partial charge on any atom is -0.399 e. The Morgan fingerprint density at radius 1 is 1.12 bits per heavy atom. The molecule has 0 amide bonds. The Bertz CT molecular complexity index is 338. The lowest BCUT2D eigenvalue weighted by molar-refractivity contribution is -0.0283. The van der Waals surface area contributed by atoms with Crippen LogP contribution in [-0.2, 0) is 4.74 Å². The highest BCUT2D eigenvalue weighted by Crippen LogP contribution is 2.29. The Balaban J connectivity index is 1.88. The van der Waals surface area contributed by atoms with E-state index in [-0.39, 0.29) is 6.10 Å². The van der Waals surface area contributed by atoms with Gasteiger partial charge in [0.15, 0.2) is 0 Å². The number of anilines is 1. The van der Waals surface area contributed by atoms with Crippen LogP contribution >= 0.6 is 0 Å². The quantitative estimate of drug-likeness (QED) is 0.803. The van der Waals surface area contributed by atoms with Gasteiger partial charge in [-0.05, 0) is 56.2 Å². The maximum atomic E-state index is 6.12. The molecule has 94 valence electrons. The summed E-state index contributed by atoms with van der Waals surface area (Å²) < 4.78 is 6.12. The summed E-state index contributed by atoms with van der Waals surface area (Å²) >= 11 is 0. The Morgan fingerprint density at radius 2 is 1.71 bits per heavy atom. The lowest BCUT2D eigenvalue weighted by Crippen LogP contribution is -2.21. The zero-order valence-electron chi connectivity index (χ0n) is 10.9. The first-order valence-corrected chi connectivity index (χ1v) is 6.66. The van der Waals surface area contributed by atoms with E-state index in [4.69, 9.17) is 10.5 Å². The molecule has 1 aliphatic carbocycles. The van der Waals surface area contributed by atoms with Gasteiger partial charge in [0.1, 0.15) is 0 Å². The van der Waals surface area contributed by atoms with Gasteiger partial charge in [-0.2, -0.15) is 0 Å². The zero-order chi connectivity index (χ0) is 12.3. The molecule has 17 heavy (non-hydrogen) atoms. The van der Waals surface area contributed by atoms with Crippen LogP contribution in [-0.4, -0.2) is 6.10 Å². The molecule has 1 unspecified atom stereocenters. The second kappa shape index (κ2) is 5.54. The van der Waals surface area contributed by atoms with Gasteiger partial charge in [-0.3, -0.25) is 0 Å². The van der Waals surface area contributed by atoms with E-state index in [1.54, 1.807) is 0 Å². The Hall–Kier alpha value is -1.02. The van der Waals surface area contributed by atoms with Gasteiger partial charge < -0.3 is 10.5 Å². The number of ether oxygens (including phenoxy) is 1. The molecule has 0 bridgehead atoms. The molecule has 0 saturated heterocycles. The van der Waals surface area contributed by atoms with Crippen molar-refractivity contribution in [2.24, 2.45) is 5.92 Å². The van der Waals surface area contributed by atoms with Crippen LogP contribution in [0.2, 0.25) is 0 Å². The van der Waals surface area contributed by atoms with Crippen molar-refractivity contribution in [3.63, 3.8) is 0 Å². The monoisotopic (exact) mass is 233 g/mol. The van der Waals surface area contributed by atoms with Crippen LogP contribution in [0.15, 0.2) is 24.3 Å². The van der Waals surface area contributed by atoms with Crippen LogP contribution in [0.4, 0.5) is 5.69 Å². The molecule has 1 fully saturated rings. The smallest absolute Gasteiger partial charge is 0.0800 e. The zero-order valence-corrected chi connectivity index (χ0v) is 10.9. The SMILES string of the molecule is CC1CCC(OC(C)c2ccc(N)cc2)CC1. The van der Waals surface area contributed by atoms with E-state index in [1.165, 1.54) is 31.2 Å². The van der Waals surface area contributed by atoms with Crippen molar-refractivity contribution >= 4 is 5.69 Å². The van der Waals surface area contributed by atoms with Crippen LogP contribution in [0.5, 0.6) is 0 Å². The first-order valence-electron chi connectivity index (χ1n) is 6.66. The summed E-state index contributed by atoms with van der Waals surface area (Å²) in [6.07, 6.45) is 5.65. The van der Waals surface area contributed by atoms with Gasteiger partial charge in [-0.15, -0.1) is 0 Å². The molecular formula is C15H23NO. The van der Waals surface area contributed by atoms with Gasteiger partial charge in [-0.1, -0.05) is 19.1 Å². The largest absolute Gasteiger partial charge is 0.399 e. The summed E-state index contributed by atoms with van der Waals surface area (Å²) in [5, 5.41) is 0. The van der Waals surface area contributed by atoms with Gasteiger partial charge in [0.05, 0.1) is 12.2 Å². The minimum absolute atomic E-state index is 0.175. The summed E-state index contributed by atoms with van der Waals surface area (Å²) in [4.78, 5) is 0. The number of rotatable bonds is 3. The van der Waals surface area contributed by atoms with E-state index in [2.05, 4.69) is 26.0 Å². The maximum Gasteiger partial charge on any atom is 0.0800 e. The Kier molecular flexibility index (Phi) is 4.06. The standard InChI is InChI=1S/C15H23NO/c1-11-3-9-15(10-4-11)17-12(2)13-5-7-14(16)8-6-13/h5-8,11-12,15H,3-4,9-10,16H2,1-2H3. The first kappa shape index (κ1) is 12.4. The molecule has 0 heterocycles. The lowest BCUT2D eigenvalue weighted by Gasteiger charge is -2.29. The molecule has 1 atom stereocenters. The third-order valence-electron chi connectivity index (χ3n) is 3.77. The summed E-state index contributed by atoms with van der Waals surface area (Å²) in [6.45, 7) is 4.46. The molecule has 1 aromatic carbocycles. The summed E-state index contributed by atoms with van der Waals surface area (Å²) in [7, 11) is 0. The van der Waals surface area contributed by atoms with Gasteiger partial charge in [0.2, 0.25) is 0 Å². The highest BCUT2D eigenvalue weighted by molar-refractivity contribution is 5.39. The topological polar surface area (TPSA) is 35.2 Å². The Labute approximate surface area is 104 Å². The number of hydrogen-bond acceptors (Lipinski definition) is 2. The van der Waals surface area contributed by atoms with Crippen LogP contribution < -0.4 is 5.73 Å². The van der Waals surface area contributed by atoms with Crippen molar-refractivity contribution in [3.8, 4) is 0 Å². The molecule has 2 nitrogen and oxygen atoms in total. The van der Waals surface area contributed by atoms with Gasteiger partial charge in [0.25, 0.3) is 0 Å². The summed E-state index contributed by atoms with van der Waals surface area (Å²) in [5.41, 5.74) is 7.72. The van der Waals surface area contributed by atoms with Crippen molar-refractivity contribution in [1.29, 1.82) is 0 Å². The third kappa shape index (κ3) is 3.47. The van der Waals surface area contributed by atoms with Crippen molar-refractivity contribution in [3.05, 3.63) is 29.8 Å². The number of hydrogen-bond donors (Lipinski definition) is 1. The van der Waals surface area contributed by atoms with Crippen LogP contribution in [0.3, 0.4) is 0 Å². The molecule has 0 spiro atoms. The molecular weight excluding hydrogens is 210 g/mol. The van der Waals surface area contributed by atoms with Crippen molar-refractivity contribution in [2.45, 2.75) is 51.7 Å². The minimum atomic E-state index is 0.175. The fraction of sp³-hybridized carbons (Fsp3) is 0.600. The molecule has 0 aromatic heterocycles.